The lowest BCUT2D eigenvalue weighted by Gasteiger charge is -2.19. The van der Waals surface area contributed by atoms with E-state index in [0.29, 0.717) is 42.5 Å². The maximum absolute atomic E-state index is 12.6. The Balaban J connectivity index is 1.43. The van der Waals surface area contributed by atoms with Crippen molar-refractivity contribution in [2.45, 2.75) is 6.54 Å². The molecule has 29 heavy (non-hydrogen) atoms. The summed E-state index contributed by atoms with van der Waals surface area (Å²) in [6.07, 6.45) is 3.21. The number of amides is 1. The van der Waals surface area contributed by atoms with Crippen LogP contribution in [0.3, 0.4) is 0 Å². The first kappa shape index (κ1) is 18.6. The minimum Gasteiger partial charge on any atom is -0.496 e. The number of carbonyl (C=O) groups excluding carboxylic acids is 1. The van der Waals surface area contributed by atoms with Gasteiger partial charge in [-0.15, -0.1) is 0 Å². The van der Waals surface area contributed by atoms with Crippen molar-refractivity contribution in [2.75, 3.05) is 31.0 Å². The second kappa shape index (κ2) is 8.52. The Hall–Kier alpha value is -3.74. The molecular formula is C22H21N3O4. The first-order chi connectivity index (χ1) is 14.2. The number of rotatable bonds is 6. The van der Waals surface area contributed by atoms with E-state index in [1.54, 1.807) is 37.6 Å². The highest BCUT2D eigenvalue weighted by Crippen LogP contribution is 2.32. The van der Waals surface area contributed by atoms with Gasteiger partial charge in [0.25, 0.3) is 5.91 Å². The molecule has 0 aliphatic carbocycles. The van der Waals surface area contributed by atoms with E-state index < -0.39 is 0 Å². The van der Waals surface area contributed by atoms with Gasteiger partial charge in [-0.3, -0.25) is 9.78 Å². The maximum Gasteiger partial charge on any atom is 0.257 e. The van der Waals surface area contributed by atoms with Gasteiger partial charge in [0.2, 0.25) is 0 Å². The highest BCUT2D eigenvalue weighted by molar-refractivity contribution is 6.04. The molecule has 0 fully saturated rings. The molecule has 0 spiro atoms. The van der Waals surface area contributed by atoms with Gasteiger partial charge in [-0.2, -0.15) is 0 Å². The van der Waals surface area contributed by atoms with E-state index in [-0.39, 0.29) is 5.91 Å². The third-order valence-electron chi connectivity index (χ3n) is 4.48. The van der Waals surface area contributed by atoms with Crippen LogP contribution in [-0.4, -0.2) is 31.2 Å². The van der Waals surface area contributed by atoms with E-state index in [9.17, 15) is 4.79 Å². The SMILES string of the molecule is COc1ccccc1CNc1cncc(C(=O)Nc2ccc3c(c2)OCCO3)c1. The molecule has 3 aromatic rings. The van der Waals surface area contributed by atoms with Gasteiger partial charge in [0.05, 0.1) is 18.4 Å². The van der Waals surface area contributed by atoms with Crippen LogP contribution in [0.2, 0.25) is 0 Å². The quantitative estimate of drug-likeness (QED) is 0.666. The van der Waals surface area contributed by atoms with Crippen molar-refractivity contribution in [3.8, 4) is 17.2 Å². The van der Waals surface area contributed by atoms with E-state index in [1.807, 2.05) is 24.3 Å². The molecule has 148 valence electrons. The number of nitrogens with one attached hydrogen (secondary N) is 2. The zero-order chi connectivity index (χ0) is 20.1. The molecule has 1 aliphatic rings. The van der Waals surface area contributed by atoms with E-state index in [1.165, 1.54) is 6.20 Å². The van der Waals surface area contributed by atoms with Crippen LogP contribution in [0, 0.1) is 0 Å². The number of pyridine rings is 1. The van der Waals surface area contributed by atoms with Crippen LogP contribution < -0.4 is 24.8 Å². The lowest BCUT2D eigenvalue weighted by molar-refractivity contribution is 0.102. The standard InChI is InChI=1S/C22H21N3O4/c1-27-19-5-3-2-4-15(19)13-24-18-10-16(12-23-14-18)22(26)25-17-6-7-20-21(11-17)29-9-8-28-20/h2-7,10-12,14,24H,8-9,13H2,1H3,(H,25,26). The molecule has 0 saturated carbocycles. The summed E-state index contributed by atoms with van der Waals surface area (Å²) in [6, 6.07) is 14.8. The highest BCUT2D eigenvalue weighted by Gasteiger charge is 2.14. The van der Waals surface area contributed by atoms with Crippen LogP contribution in [-0.2, 0) is 6.54 Å². The molecule has 1 aromatic heterocycles. The Morgan fingerprint density at radius 2 is 1.86 bits per heavy atom. The van der Waals surface area contributed by atoms with Crippen LogP contribution in [0.25, 0.3) is 0 Å². The predicted octanol–water partition coefficient (Wildman–Crippen LogP) is 3.73. The molecule has 0 saturated heterocycles. The maximum atomic E-state index is 12.6. The number of anilines is 2. The molecule has 0 bridgehead atoms. The number of ether oxygens (including phenoxy) is 3. The summed E-state index contributed by atoms with van der Waals surface area (Å²) in [5, 5.41) is 6.14. The van der Waals surface area contributed by atoms with E-state index in [0.717, 1.165) is 17.0 Å². The molecule has 7 heteroatoms. The third-order valence-corrected chi connectivity index (χ3v) is 4.48. The molecule has 2 heterocycles. The van der Waals surface area contributed by atoms with Crippen LogP contribution in [0.1, 0.15) is 15.9 Å². The highest BCUT2D eigenvalue weighted by atomic mass is 16.6. The van der Waals surface area contributed by atoms with Crippen molar-refractivity contribution in [3.05, 3.63) is 72.1 Å². The zero-order valence-electron chi connectivity index (χ0n) is 16.0. The summed E-state index contributed by atoms with van der Waals surface area (Å²) in [7, 11) is 1.64. The van der Waals surface area contributed by atoms with Gasteiger partial charge in [0, 0.05) is 36.3 Å². The molecule has 7 nitrogen and oxygen atoms in total. The van der Waals surface area contributed by atoms with Crippen molar-refractivity contribution in [3.63, 3.8) is 0 Å². The van der Waals surface area contributed by atoms with E-state index in [4.69, 9.17) is 14.2 Å². The number of methoxy groups -OCH3 is 1. The minimum atomic E-state index is -0.255. The number of hydrogen-bond donors (Lipinski definition) is 2. The van der Waals surface area contributed by atoms with Crippen LogP contribution in [0.4, 0.5) is 11.4 Å². The number of hydrogen-bond acceptors (Lipinski definition) is 6. The lowest BCUT2D eigenvalue weighted by atomic mass is 10.2. The fourth-order valence-electron chi connectivity index (χ4n) is 3.03. The van der Waals surface area contributed by atoms with Gasteiger partial charge in [0.1, 0.15) is 19.0 Å². The monoisotopic (exact) mass is 391 g/mol. The number of aromatic nitrogens is 1. The van der Waals surface area contributed by atoms with Crippen molar-refractivity contribution in [2.24, 2.45) is 0 Å². The zero-order valence-corrected chi connectivity index (χ0v) is 16.0. The van der Waals surface area contributed by atoms with Crippen LogP contribution in [0.5, 0.6) is 17.2 Å². The molecule has 0 radical (unpaired) electrons. The van der Waals surface area contributed by atoms with Gasteiger partial charge in [-0.05, 0) is 24.3 Å². The van der Waals surface area contributed by atoms with Gasteiger partial charge < -0.3 is 24.8 Å². The summed E-state index contributed by atoms with van der Waals surface area (Å²) >= 11 is 0. The molecule has 2 N–H and O–H groups in total. The number of carbonyl (C=O) groups is 1. The summed E-state index contributed by atoms with van der Waals surface area (Å²) in [6.45, 7) is 1.58. The van der Waals surface area contributed by atoms with Crippen molar-refractivity contribution < 1.29 is 19.0 Å². The second-order valence-electron chi connectivity index (χ2n) is 6.44. The van der Waals surface area contributed by atoms with Gasteiger partial charge in [-0.1, -0.05) is 18.2 Å². The molecule has 0 atom stereocenters. The summed E-state index contributed by atoms with van der Waals surface area (Å²) in [4.78, 5) is 16.8. The Labute approximate surface area is 168 Å². The van der Waals surface area contributed by atoms with Crippen molar-refractivity contribution >= 4 is 17.3 Å². The predicted molar refractivity (Wildman–Crippen MR) is 110 cm³/mol. The molecule has 1 aliphatic heterocycles. The fourth-order valence-corrected chi connectivity index (χ4v) is 3.03. The number of benzene rings is 2. The Kier molecular flexibility index (Phi) is 5.47. The molecule has 4 rings (SSSR count). The van der Waals surface area contributed by atoms with Gasteiger partial charge in [-0.25, -0.2) is 0 Å². The third kappa shape index (κ3) is 4.40. The van der Waals surface area contributed by atoms with Crippen molar-refractivity contribution in [1.82, 2.24) is 4.98 Å². The van der Waals surface area contributed by atoms with Crippen LogP contribution in [0.15, 0.2) is 60.9 Å². The molecule has 0 unspecified atom stereocenters. The van der Waals surface area contributed by atoms with Crippen LogP contribution >= 0.6 is 0 Å². The topological polar surface area (TPSA) is 81.7 Å². The molecular weight excluding hydrogens is 370 g/mol. The number of para-hydroxylation sites is 1. The summed E-state index contributed by atoms with van der Waals surface area (Å²) < 4.78 is 16.4. The van der Waals surface area contributed by atoms with E-state index >= 15 is 0 Å². The average Bonchev–Trinajstić information content (AvgIpc) is 2.78. The normalized spacial score (nSPS) is 12.2. The Morgan fingerprint density at radius 1 is 1.03 bits per heavy atom. The minimum absolute atomic E-state index is 0.255. The van der Waals surface area contributed by atoms with Gasteiger partial charge in [0.15, 0.2) is 11.5 Å². The summed E-state index contributed by atoms with van der Waals surface area (Å²) in [5.74, 6) is 1.86. The first-order valence-corrected chi connectivity index (χ1v) is 9.25. The largest absolute Gasteiger partial charge is 0.496 e. The Bertz CT molecular complexity index is 1020. The van der Waals surface area contributed by atoms with Gasteiger partial charge >= 0.3 is 0 Å². The number of nitrogens with zero attached hydrogens (tertiary/aromatic N) is 1. The molecule has 1 amide bonds. The fraction of sp³-hybridized carbons (Fsp3) is 0.182. The Morgan fingerprint density at radius 3 is 2.72 bits per heavy atom. The second-order valence-corrected chi connectivity index (χ2v) is 6.44. The molecule has 2 aromatic carbocycles. The van der Waals surface area contributed by atoms with E-state index in [2.05, 4.69) is 15.6 Å². The van der Waals surface area contributed by atoms with Crippen molar-refractivity contribution in [1.29, 1.82) is 0 Å². The first-order valence-electron chi connectivity index (χ1n) is 9.25. The summed E-state index contributed by atoms with van der Waals surface area (Å²) in [5.41, 5.74) is 2.84. The number of fused-ring (bicyclic) bond motifs is 1. The lowest BCUT2D eigenvalue weighted by Crippen LogP contribution is -2.16. The smallest absolute Gasteiger partial charge is 0.257 e. The average molecular weight is 391 g/mol.